The number of ether oxygens (including phenoxy) is 1. The van der Waals surface area contributed by atoms with Crippen LogP contribution in [0.1, 0.15) is 26.7 Å². The third-order valence-electron chi connectivity index (χ3n) is 3.16. The zero-order valence-corrected chi connectivity index (χ0v) is 11.2. The molecule has 1 aliphatic heterocycles. The van der Waals surface area contributed by atoms with Gasteiger partial charge in [0.2, 0.25) is 5.91 Å². The minimum absolute atomic E-state index is 0.0225. The van der Waals surface area contributed by atoms with Crippen molar-refractivity contribution in [1.82, 2.24) is 10.6 Å². The molecule has 6 heteroatoms. The van der Waals surface area contributed by atoms with Gasteiger partial charge in [-0.15, -0.1) is 0 Å². The molecule has 6 nitrogen and oxygen atoms in total. The molecule has 104 valence electrons. The lowest BCUT2D eigenvalue weighted by Crippen LogP contribution is -2.43. The predicted octanol–water partition coefficient (Wildman–Crippen LogP) is -0.0196. The van der Waals surface area contributed by atoms with Crippen molar-refractivity contribution in [3.8, 4) is 0 Å². The van der Waals surface area contributed by atoms with Gasteiger partial charge >= 0.3 is 5.97 Å². The maximum Gasteiger partial charge on any atom is 0.332 e. The van der Waals surface area contributed by atoms with Crippen LogP contribution in [0.5, 0.6) is 0 Å². The van der Waals surface area contributed by atoms with Crippen molar-refractivity contribution in [3.63, 3.8) is 0 Å². The molecular formula is C12H22N2O4. The van der Waals surface area contributed by atoms with Gasteiger partial charge in [-0.2, -0.15) is 0 Å². The number of rotatable bonds is 6. The first-order valence-electron chi connectivity index (χ1n) is 6.18. The van der Waals surface area contributed by atoms with E-state index in [-0.39, 0.29) is 12.0 Å². The fourth-order valence-corrected chi connectivity index (χ4v) is 2.00. The Bertz CT molecular complexity index is 317. The summed E-state index contributed by atoms with van der Waals surface area (Å²) in [6.45, 7) is 4.82. The molecule has 1 saturated heterocycles. The Kier molecular flexibility index (Phi) is 5.10. The number of carbonyl (C=O) groups excluding carboxylic acids is 1. The van der Waals surface area contributed by atoms with Gasteiger partial charge in [-0.3, -0.25) is 4.79 Å². The van der Waals surface area contributed by atoms with Crippen molar-refractivity contribution in [2.75, 3.05) is 20.1 Å². The molecule has 0 aromatic rings. The maximum absolute atomic E-state index is 11.5. The molecule has 0 saturated carbocycles. The Balaban J connectivity index is 2.27. The Morgan fingerprint density at radius 1 is 1.39 bits per heavy atom. The van der Waals surface area contributed by atoms with Gasteiger partial charge in [0.15, 0.2) is 6.10 Å². The van der Waals surface area contributed by atoms with Gasteiger partial charge in [-0.25, -0.2) is 4.79 Å². The third kappa shape index (κ3) is 3.96. The number of carboxylic acid groups (broad SMARTS) is 1. The molecule has 1 aliphatic rings. The molecule has 1 fully saturated rings. The Labute approximate surface area is 107 Å². The standard InChI is InChI=1S/C12H22N2O4/c1-12(2,11(17)13-3)7-14-6-8-4-5-9(18-8)10(15)16/h8-9,14H,4-7H2,1-3H3,(H,13,17)(H,15,16). The van der Waals surface area contributed by atoms with E-state index in [4.69, 9.17) is 9.84 Å². The van der Waals surface area contributed by atoms with E-state index in [1.807, 2.05) is 13.8 Å². The second kappa shape index (κ2) is 6.15. The van der Waals surface area contributed by atoms with E-state index in [0.717, 1.165) is 6.42 Å². The van der Waals surface area contributed by atoms with Crippen molar-refractivity contribution < 1.29 is 19.4 Å². The quantitative estimate of drug-likeness (QED) is 0.623. The minimum atomic E-state index is -0.900. The van der Waals surface area contributed by atoms with E-state index in [1.54, 1.807) is 7.05 Å². The number of carboxylic acids is 1. The van der Waals surface area contributed by atoms with Crippen LogP contribution in [0.2, 0.25) is 0 Å². The fourth-order valence-electron chi connectivity index (χ4n) is 2.00. The minimum Gasteiger partial charge on any atom is -0.479 e. The molecule has 1 heterocycles. The summed E-state index contributed by atoms with van der Waals surface area (Å²) in [7, 11) is 1.61. The van der Waals surface area contributed by atoms with Gasteiger partial charge in [-0.1, -0.05) is 0 Å². The fraction of sp³-hybridized carbons (Fsp3) is 0.833. The van der Waals surface area contributed by atoms with Crippen molar-refractivity contribution in [1.29, 1.82) is 0 Å². The van der Waals surface area contributed by atoms with Crippen molar-refractivity contribution in [3.05, 3.63) is 0 Å². The first kappa shape index (κ1) is 14.9. The van der Waals surface area contributed by atoms with Gasteiger partial charge in [0.25, 0.3) is 0 Å². The van der Waals surface area contributed by atoms with Crippen molar-refractivity contribution >= 4 is 11.9 Å². The molecular weight excluding hydrogens is 236 g/mol. The summed E-state index contributed by atoms with van der Waals surface area (Å²) in [5.74, 6) is -0.922. The molecule has 0 aromatic carbocycles. The van der Waals surface area contributed by atoms with Crippen LogP contribution in [0.25, 0.3) is 0 Å². The smallest absolute Gasteiger partial charge is 0.332 e. The van der Waals surface area contributed by atoms with Crippen LogP contribution in [0, 0.1) is 5.41 Å². The lowest BCUT2D eigenvalue weighted by Gasteiger charge is -2.23. The Morgan fingerprint density at radius 2 is 2.06 bits per heavy atom. The van der Waals surface area contributed by atoms with Gasteiger partial charge in [0.1, 0.15) is 0 Å². The molecule has 0 bridgehead atoms. The summed E-state index contributed by atoms with van der Waals surface area (Å²) in [5.41, 5.74) is -0.487. The number of amides is 1. The highest BCUT2D eigenvalue weighted by molar-refractivity contribution is 5.81. The Morgan fingerprint density at radius 3 is 2.56 bits per heavy atom. The molecule has 0 spiro atoms. The summed E-state index contributed by atoms with van der Waals surface area (Å²) in [4.78, 5) is 22.3. The number of carbonyl (C=O) groups is 2. The summed E-state index contributed by atoms with van der Waals surface area (Å²) < 4.78 is 5.36. The normalized spacial score (nSPS) is 23.9. The molecule has 3 N–H and O–H groups in total. The number of aliphatic carboxylic acids is 1. The van der Waals surface area contributed by atoms with Crippen LogP contribution >= 0.6 is 0 Å². The summed E-state index contributed by atoms with van der Waals surface area (Å²) >= 11 is 0. The van der Waals surface area contributed by atoms with E-state index in [0.29, 0.717) is 19.5 Å². The highest BCUT2D eigenvalue weighted by Gasteiger charge is 2.31. The van der Waals surface area contributed by atoms with E-state index in [9.17, 15) is 9.59 Å². The third-order valence-corrected chi connectivity index (χ3v) is 3.16. The summed E-state index contributed by atoms with van der Waals surface area (Å²) in [5, 5.41) is 14.6. The first-order chi connectivity index (χ1) is 8.36. The van der Waals surface area contributed by atoms with E-state index < -0.39 is 17.5 Å². The van der Waals surface area contributed by atoms with Crippen LogP contribution in [0.4, 0.5) is 0 Å². The number of hydrogen-bond acceptors (Lipinski definition) is 4. The molecule has 1 rings (SSSR count). The van der Waals surface area contributed by atoms with E-state index in [2.05, 4.69) is 10.6 Å². The number of nitrogens with one attached hydrogen (secondary N) is 2. The second-order valence-electron chi connectivity index (χ2n) is 5.26. The molecule has 18 heavy (non-hydrogen) atoms. The highest BCUT2D eigenvalue weighted by Crippen LogP contribution is 2.20. The molecule has 0 aromatic heterocycles. The molecule has 1 amide bonds. The van der Waals surface area contributed by atoms with Crippen LogP contribution in [0.15, 0.2) is 0 Å². The monoisotopic (exact) mass is 258 g/mol. The van der Waals surface area contributed by atoms with Crippen molar-refractivity contribution in [2.45, 2.75) is 38.9 Å². The largest absolute Gasteiger partial charge is 0.479 e. The van der Waals surface area contributed by atoms with Crippen LogP contribution < -0.4 is 10.6 Å². The van der Waals surface area contributed by atoms with Crippen LogP contribution in [-0.2, 0) is 14.3 Å². The molecule has 0 radical (unpaired) electrons. The highest BCUT2D eigenvalue weighted by atomic mass is 16.5. The average molecular weight is 258 g/mol. The predicted molar refractivity (Wildman–Crippen MR) is 66.2 cm³/mol. The van der Waals surface area contributed by atoms with E-state index >= 15 is 0 Å². The number of hydrogen-bond donors (Lipinski definition) is 3. The Hall–Kier alpha value is -1.14. The lowest BCUT2D eigenvalue weighted by molar-refractivity contribution is -0.149. The van der Waals surface area contributed by atoms with Gasteiger partial charge in [0, 0.05) is 20.1 Å². The average Bonchev–Trinajstić information content (AvgIpc) is 2.76. The molecule has 0 aliphatic carbocycles. The van der Waals surface area contributed by atoms with Crippen LogP contribution in [0.3, 0.4) is 0 Å². The molecule has 2 atom stereocenters. The topological polar surface area (TPSA) is 87.7 Å². The van der Waals surface area contributed by atoms with Gasteiger partial charge in [0.05, 0.1) is 11.5 Å². The van der Waals surface area contributed by atoms with Crippen LogP contribution in [-0.4, -0.2) is 49.3 Å². The van der Waals surface area contributed by atoms with Gasteiger partial charge in [-0.05, 0) is 26.7 Å². The maximum atomic E-state index is 11.5. The SMILES string of the molecule is CNC(=O)C(C)(C)CNCC1CCC(C(=O)O)O1. The zero-order chi connectivity index (χ0) is 13.8. The molecule has 2 unspecified atom stereocenters. The zero-order valence-electron chi connectivity index (χ0n) is 11.2. The summed E-state index contributed by atoms with van der Waals surface area (Å²) in [6.07, 6.45) is 0.542. The van der Waals surface area contributed by atoms with E-state index in [1.165, 1.54) is 0 Å². The first-order valence-corrected chi connectivity index (χ1v) is 6.18. The van der Waals surface area contributed by atoms with Gasteiger partial charge < -0.3 is 20.5 Å². The summed E-state index contributed by atoms with van der Waals surface area (Å²) in [6, 6.07) is 0. The van der Waals surface area contributed by atoms with Crippen molar-refractivity contribution in [2.24, 2.45) is 5.41 Å². The second-order valence-corrected chi connectivity index (χ2v) is 5.26. The lowest BCUT2D eigenvalue weighted by atomic mass is 9.92.